The van der Waals surface area contributed by atoms with Crippen LogP contribution in [0.3, 0.4) is 0 Å². The van der Waals surface area contributed by atoms with Gasteiger partial charge in [0.25, 0.3) is 5.91 Å². The summed E-state index contributed by atoms with van der Waals surface area (Å²) in [5.74, 6) is 0.879. The summed E-state index contributed by atoms with van der Waals surface area (Å²) in [7, 11) is 0. The van der Waals surface area contributed by atoms with E-state index in [9.17, 15) is 9.90 Å². The van der Waals surface area contributed by atoms with Crippen LogP contribution < -0.4 is 0 Å². The maximum atomic E-state index is 13.2. The summed E-state index contributed by atoms with van der Waals surface area (Å²) in [6.07, 6.45) is 6.69. The first-order valence-electron chi connectivity index (χ1n) is 10.3. The number of imidazole rings is 1. The number of amides is 1. The number of aliphatic hydroxyl groups excluding tert-OH is 1. The summed E-state index contributed by atoms with van der Waals surface area (Å²) < 4.78 is 2.01. The van der Waals surface area contributed by atoms with E-state index in [1.165, 1.54) is 0 Å². The molecular weight excluding hydrogens is 362 g/mol. The highest BCUT2D eigenvalue weighted by Gasteiger charge is 2.43. The number of nitrogens with zero attached hydrogens (tertiary/aromatic N) is 3. The van der Waals surface area contributed by atoms with Crippen LogP contribution in [0.15, 0.2) is 73.3 Å². The Morgan fingerprint density at radius 2 is 1.72 bits per heavy atom. The second kappa shape index (κ2) is 7.48. The van der Waals surface area contributed by atoms with Crippen molar-refractivity contribution in [2.24, 2.45) is 11.8 Å². The highest BCUT2D eigenvalue weighted by molar-refractivity contribution is 5.95. The number of likely N-dealkylation sites (tertiary alicyclic amines) is 1. The van der Waals surface area contributed by atoms with Crippen LogP contribution in [0.2, 0.25) is 0 Å². The lowest BCUT2D eigenvalue weighted by Crippen LogP contribution is -2.35. The molecule has 1 saturated heterocycles. The number of hydrogen-bond acceptors (Lipinski definition) is 3. The number of rotatable bonds is 3. The first kappa shape index (κ1) is 18.1. The molecule has 0 radical (unpaired) electrons. The van der Waals surface area contributed by atoms with Crippen molar-refractivity contribution in [3.8, 4) is 11.1 Å². The minimum atomic E-state index is -0.387. The Bertz CT molecular complexity index is 986. The molecule has 0 unspecified atom stereocenters. The fourth-order valence-corrected chi connectivity index (χ4v) is 5.00. The van der Waals surface area contributed by atoms with Crippen molar-refractivity contribution in [1.82, 2.24) is 14.5 Å². The molecular formula is C24H25N3O2. The van der Waals surface area contributed by atoms with Crippen molar-refractivity contribution >= 4 is 5.91 Å². The topological polar surface area (TPSA) is 58.4 Å². The zero-order valence-electron chi connectivity index (χ0n) is 16.3. The van der Waals surface area contributed by atoms with Gasteiger partial charge >= 0.3 is 0 Å². The molecule has 2 aliphatic rings. The Labute approximate surface area is 170 Å². The van der Waals surface area contributed by atoms with Crippen molar-refractivity contribution in [2.75, 3.05) is 13.1 Å². The molecule has 4 atom stereocenters. The molecule has 1 N–H and O–H groups in total. The second-order valence-corrected chi connectivity index (χ2v) is 8.29. The third kappa shape index (κ3) is 3.47. The summed E-state index contributed by atoms with van der Waals surface area (Å²) in [5, 5.41) is 10.6. The lowest BCUT2D eigenvalue weighted by atomic mass is 9.77. The van der Waals surface area contributed by atoms with E-state index in [1.54, 1.807) is 12.5 Å². The van der Waals surface area contributed by atoms with E-state index in [4.69, 9.17) is 0 Å². The summed E-state index contributed by atoms with van der Waals surface area (Å²) >= 11 is 0. The number of carbonyl (C=O) groups is 1. The monoisotopic (exact) mass is 387 g/mol. The van der Waals surface area contributed by atoms with Gasteiger partial charge in [0.1, 0.15) is 0 Å². The molecule has 5 nitrogen and oxygen atoms in total. The number of fused-ring (bicyclic) bond motifs is 1. The number of carbonyl (C=O) groups excluding carboxylic acids is 1. The van der Waals surface area contributed by atoms with Crippen LogP contribution in [0.1, 0.15) is 29.2 Å². The Morgan fingerprint density at radius 1 is 0.966 bits per heavy atom. The van der Waals surface area contributed by atoms with Gasteiger partial charge in [-0.1, -0.05) is 42.5 Å². The zero-order chi connectivity index (χ0) is 19.8. The van der Waals surface area contributed by atoms with Crippen LogP contribution in [0.25, 0.3) is 11.1 Å². The molecule has 2 fully saturated rings. The van der Waals surface area contributed by atoms with E-state index >= 15 is 0 Å². The number of hydrogen-bond donors (Lipinski definition) is 1. The molecule has 2 heterocycles. The van der Waals surface area contributed by atoms with Gasteiger partial charge in [-0.3, -0.25) is 4.79 Å². The normalized spacial score (nSPS) is 26.3. The molecule has 0 spiro atoms. The van der Waals surface area contributed by atoms with Crippen molar-refractivity contribution in [2.45, 2.75) is 25.0 Å². The van der Waals surface area contributed by atoms with Crippen molar-refractivity contribution < 1.29 is 9.90 Å². The average Bonchev–Trinajstić information content (AvgIpc) is 3.43. The molecule has 29 heavy (non-hydrogen) atoms. The Hall–Kier alpha value is -2.92. The maximum Gasteiger partial charge on any atom is 0.253 e. The largest absolute Gasteiger partial charge is 0.391 e. The minimum Gasteiger partial charge on any atom is -0.391 e. The first-order valence-corrected chi connectivity index (χ1v) is 10.3. The summed E-state index contributed by atoms with van der Waals surface area (Å²) in [6.45, 7) is 1.49. The third-order valence-corrected chi connectivity index (χ3v) is 6.52. The van der Waals surface area contributed by atoms with Crippen molar-refractivity contribution in [3.63, 3.8) is 0 Å². The van der Waals surface area contributed by atoms with E-state index in [0.717, 1.165) is 42.6 Å². The van der Waals surface area contributed by atoms with Crippen molar-refractivity contribution in [1.29, 1.82) is 0 Å². The summed E-state index contributed by atoms with van der Waals surface area (Å²) in [6, 6.07) is 18.1. The molecule has 1 aromatic heterocycles. The number of aliphatic hydroxyl groups is 1. The van der Waals surface area contributed by atoms with Crippen LogP contribution in [-0.4, -0.2) is 44.7 Å². The van der Waals surface area contributed by atoms with E-state index in [0.29, 0.717) is 11.8 Å². The molecule has 1 amide bonds. The molecule has 5 heteroatoms. The van der Waals surface area contributed by atoms with Gasteiger partial charge in [-0.15, -0.1) is 0 Å². The van der Waals surface area contributed by atoms with Gasteiger partial charge in [0.2, 0.25) is 0 Å². The second-order valence-electron chi connectivity index (χ2n) is 8.29. The smallest absolute Gasteiger partial charge is 0.253 e. The highest BCUT2D eigenvalue weighted by atomic mass is 16.3. The molecule has 0 bridgehead atoms. The standard InChI is InChI=1S/C24H25N3O2/c28-23-13-21-15-27(14-20(21)12-22(23)26-10-9-25-16-26)24(29)19-8-4-7-18(11-19)17-5-2-1-3-6-17/h1-11,16,20-23,28H,12-15H2/t20-,21+,22-,23-/m1/s1. The molecule has 1 saturated carbocycles. The molecule has 2 aromatic carbocycles. The van der Waals surface area contributed by atoms with Crippen LogP contribution in [0, 0.1) is 11.8 Å². The number of aromatic nitrogens is 2. The van der Waals surface area contributed by atoms with Gasteiger partial charge in [0, 0.05) is 31.0 Å². The van der Waals surface area contributed by atoms with E-state index in [-0.39, 0.29) is 18.1 Å². The van der Waals surface area contributed by atoms with Crippen molar-refractivity contribution in [3.05, 3.63) is 78.9 Å². The predicted molar refractivity (Wildman–Crippen MR) is 111 cm³/mol. The molecule has 5 rings (SSSR count). The molecule has 3 aromatic rings. The quantitative estimate of drug-likeness (QED) is 0.747. The molecule has 1 aliphatic carbocycles. The Kier molecular flexibility index (Phi) is 4.68. The molecule has 1 aliphatic heterocycles. The summed E-state index contributed by atoms with van der Waals surface area (Å²) in [5.41, 5.74) is 2.91. The lowest BCUT2D eigenvalue weighted by Gasteiger charge is -2.35. The fraction of sp³-hybridized carbons (Fsp3) is 0.333. The SMILES string of the molecule is O=C(c1cccc(-c2ccccc2)c1)N1C[C@H]2C[C@@H](n3ccnc3)[C@H](O)C[C@H]2C1. The van der Waals surface area contributed by atoms with Gasteiger partial charge in [-0.2, -0.15) is 0 Å². The maximum absolute atomic E-state index is 13.2. The van der Waals surface area contributed by atoms with E-state index in [2.05, 4.69) is 17.1 Å². The summed E-state index contributed by atoms with van der Waals surface area (Å²) in [4.78, 5) is 19.3. The predicted octanol–water partition coefficient (Wildman–Crippen LogP) is 3.63. The number of benzene rings is 2. The van der Waals surface area contributed by atoms with Crippen LogP contribution >= 0.6 is 0 Å². The van der Waals surface area contributed by atoms with Crippen LogP contribution in [0.4, 0.5) is 0 Å². The fourth-order valence-electron chi connectivity index (χ4n) is 5.00. The van der Waals surface area contributed by atoms with Crippen LogP contribution in [-0.2, 0) is 0 Å². The third-order valence-electron chi connectivity index (χ3n) is 6.52. The van der Waals surface area contributed by atoms with Crippen LogP contribution in [0.5, 0.6) is 0 Å². The average molecular weight is 387 g/mol. The lowest BCUT2D eigenvalue weighted by molar-refractivity contribution is 0.0357. The van der Waals surface area contributed by atoms with E-state index in [1.807, 2.05) is 58.1 Å². The van der Waals surface area contributed by atoms with Gasteiger partial charge in [-0.05, 0) is 47.9 Å². The van der Waals surface area contributed by atoms with Gasteiger partial charge in [0.05, 0.1) is 18.5 Å². The minimum absolute atomic E-state index is 0.0511. The Morgan fingerprint density at radius 3 is 2.48 bits per heavy atom. The highest BCUT2D eigenvalue weighted by Crippen LogP contribution is 2.41. The first-order chi connectivity index (χ1) is 14.2. The molecule has 148 valence electrons. The van der Waals surface area contributed by atoms with Gasteiger partial charge < -0.3 is 14.6 Å². The van der Waals surface area contributed by atoms with E-state index < -0.39 is 0 Å². The van der Waals surface area contributed by atoms with Gasteiger partial charge in [-0.25, -0.2) is 4.98 Å². The Balaban J connectivity index is 1.32. The van der Waals surface area contributed by atoms with Gasteiger partial charge in [0.15, 0.2) is 0 Å². The zero-order valence-corrected chi connectivity index (χ0v) is 16.3.